The molecule has 4 rings (SSSR count). The van der Waals surface area contributed by atoms with Crippen LogP contribution in [-0.4, -0.2) is 60.0 Å². The van der Waals surface area contributed by atoms with Gasteiger partial charge in [0.1, 0.15) is 0 Å². The Morgan fingerprint density at radius 2 is 1.45 bits per heavy atom. The minimum Gasteiger partial charge on any atom is -0.493 e. The predicted molar refractivity (Wildman–Crippen MR) is 114 cm³/mol. The second-order valence-electron chi connectivity index (χ2n) is 7.37. The van der Waals surface area contributed by atoms with Gasteiger partial charge in [0.2, 0.25) is 0 Å². The molecule has 0 N–H and O–H groups in total. The lowest BCUT2D eigenvalue weighted by molar-refractivity contribution is 0.122. The van der Waals surface area contributed by atoms with Crippen LogP contribution in [0, 0.1) is 0 Å². The first-order valence-corrected chi connectivity index (χ1v) is 10.00. The van der Waals surface area contributed by atoms with E-state index in [9.17, 15) is 0 Å². The summed E-state index contributed by atoms with van der Waals surface area (Å²) in [6.45, 7) is 6.10. The Kier molecular flexibility index (Phi) is 6.12. The van der Waals surface area contributed by atoms with E-state index < -0.39 is 0 Å². The van der Waals surface area contributed by atoms with Crippen molar-refractivity contribution in [2.75, 3.05) is 40.4 Å². The SMILES string of the molecule is COc1ccc(CN2CCN(Cc3cnn(-c4ccccc4)c3)CC2)cc1OC. The fourth-order valence-electron chi connectivity index (χ4n) is 3.76. The third kappa shape index (κ3) is 4.78. The van der Waals surface area contributed by atoms with Crippen LogP contribution in [0.25, 0.3) is 5.69 Å². The van der Waals surface area contributed by atoms with Crippen molar-refractivity contribution in [1.82, 2.24) is 19.6 Å². The highest BCUT2D eigenvalue weighted by atomic mass is 16.5. The average molecular weight is 393 g/mol. The van der Waals surface area contributed by atoms with Gasteiger partial charge in [-0.25, -0.2) is 4.68 Å². The van der Waals surface area contributed by atoms with Crippen molar-refractivity contribution in [3.63, 3.8) is 0 Å². The van der Waals surface area contributed by atoms with Crippen molar-refractivity contribution in [3.8, 4) is 17.2 Å². The molecular weight excluding hydrogens is 364 g/mol. The lowest BCUT2D eigenvalue weighted by atomic mass is 10.1. The number of piperazine rings is 1. The average Bonchev–Trinajstić information content (AvgIpc) is 3.24. The lowest BCUT2D eigenvalue weighted by Crippen LogP contribution is -2.45. The van der Waals surface area contributed by atoms with Gasteiger partial charge in [0.15, 0.2) is 11.5 Å². The summed E-state index contributed by atoms with van der Waals surface area (Å²) >= 11 is 0. The Morgan fingerprint density at radius 1 is 0.793 bits per heavy atom. The van der Waals surface area contributed by atoms with Crippen LogP contribution in [0.4, 0.5) is 0 Å². The molecule has 6 heteroatoms. The zero-order valence-corrected chi connectivity index (χ0v) is 17.1. The normalized spacial score (nSPS) is 15.4. The van der Waals surface area contributed by atoms with E-state index in [0.717, 1.165) is 56.5 Å². The highest BCUT2D eigenvalue weighted by Gasteiger charge is 2.18. The molecule has 152 valence electrons. The van der Waals surface area contributed by atoms with E-state index in [2.05, 4.69) is 45.4 Å². The molecule has 2 aromatic carbocycles. The Hall–Kier alpha value is -2.83. The number of nitrogens with zero attached hydrogens (tertiary/aromatic N) is 4. The summed E-state index contributed by atoms with van der Waals surface area (Å²) in [6, 6.07) is 16.4. The van der Waals surface area contributed by atoms with Crippen molar-refractivity contribution in [1.29, 1.82) is 0 Å². The first-order valence-electron chi connectivity index (χ1n) is 10.00. The molecule has 0 radical (unpaired) electrons. The van der Waals surface area contributed by atoms with Gasteiger partial charge in [-0.3, -0.25) is 9.80 Å². The topological polar surface area (TPSA) is 42.8 Å². The number of benzene rings is 2. The van der Waals surface area contributed by atoms with Crippen LogP contribution >= 0.6 is 0 Å². The van der Waals surface area contributed by atoms with Gasteiger partial charge >= 0.3 is 0 Å². The largest absolute Gasteiger partial charge is 0.493 e. The molecule has 0 unspecified atom stereocenters. The molecular formula is C23H28N4O2. The van der Waals surface area contributed by atoms with Crippen LogP contribution in [0.5, 0.6) is 11.5 Å². The van der Waals surface area contributed by atoms with Gasteiger partial charge in [0.25, 0.3) is 0 Å². The molecule has 3 aromatic rings. The van der Waals surface area contributed by atoms with Crippen molar-refractivity contribution in [2.45, 2.75) is 13.1 Å². The molecule has 29 heavy (non-hydrogen) atoms. The minimum atomic E-state index is 0.775. The van der Waals surface area contributed by atoms with E-state index in [4.69, 9.17) is 9.47 Å². The van der Waals surface area contributed by atoms with Gasteiger partial charge in [0.05, 0.1) is 26.1 Å². The van der Waals surface area contributed by atoms with Gasteiger partial charge in [-0.1, -0.05) is 24.3 Å². The molecule has 6 nitrogen and oxygen atoms in total. The van der Waals surface area contributed by atoms with Gasteiger partial charge < -0.3 is 9.47 Å². The van der Waals surface area contributed by atoms with Gasteiger partial charge in [-0.05, 0) is 29.8 Å². The Morgan fingerprint density at radius 3 is 2.10 bits per heavy atom. The molecule has 0 atom stereocenters. The van der Waals surface area contributed by atoms with E-state index in [1.807, 2.05) is 35.1 Å². The quantitative estimate of drug-likeness (QED) is 0.618. The predicted octanol–water partition coefficient (Wildman–Crippen LogP) is 3.21. The molecule has 1 aromatic heterocycles. The molecule has 1 aliphatic rings. The number of aromatic nitrogens is 2. The summed E-state index contributed by atoms with van der Waals surface area (Å²) in [6.07, 6.45) is 4.11. The minimum absolute atomic E-state index is 0.775. The number of hydrogen-bond acceptors (Lipinski definition) is 5. The number of ether oxygens (including phenoxy) is 2. The van der Waals surface area contributed by atoms with E-state index in [1.54, 1.807) is 14.2 Å². The molecule has 0 spiro atoms. The van der Waals surface area contributed by atoms with Gasteiger partial charge in [-0.2, -0.15) is 5.10 Å². The number of methoxy groups -OCH3 is 2. The monoisotopic (exact) mass is 392 g/mol. The standard InChI is InChI=1S/C23H28N4O2/c1-28-22-9-8-19(14-23(22)29-2)16-25-10-12-26(13-11-25)17-20-15-24-27(18-20)21-6-4-3-5-7-21/h3-9,14-15,18H,10-13,16-17H2,1-2H3. The van der Waals surface area contributed by atoms with Crippen LogP contribution in [0.3, 0.4) is 0 Å². The zero-order valence-electron chi connectivity index (χ0n) is 17.1. The van der Waals surface area contributed by atoms with Crippen LogP contribution in [-0.2, 0) is 13.1 Å². The summed E-state index contributed by atoms with van der Waals surface area (Å²) in [7, 11) is 3.35. The molecule has 1 aliphatic heterocycles. The number of hydrogen-bond donors (Lipinski definition) is 0. The summed E-state index contributed by atoms with van der Waals surface area (Å²) in [5.41, 5.74) is 3.60. The fourth-order valence-corrected chi connectivity index (χ4v) is 3.76. The second-order valence-corrected chi connectivity index (χ2v) is 7.37. The lowest BCUT2D eigenvalue weighted by Gasteiger charge is -2.34. The molecule has 2 heterocycles. The van der Waals surface area contributed by atoms with E-state index in [-0.39, 0.29) is 0 Å². The highest BCUT2D eigenvalue weighted by Crippen LogP contribution is 2.28. The van der Waals surface area contributed by atoms with Crippen LogP contribution < -0.4 is 9.47 Å². The Balaban J connectivity index is 1.29. The molecule has 1 saturated heterocycles. The van der Waals surface area contributed by atoms with E-state index >= 15 is 0 Å². The number of rotatable bonds is 7. The van der Waals surface area contributed by atoms with Crippen molar-refractivity contribution in [3.05, 3.63) is 72.1 Å². The number of para-hydroxylation sites is 1. The first-order chi connectivity index (χ1) is 14.2. The van der Waals surface area contributed by atoms with Crippen molar-refractivity contribution >= 4 is 0 Å². The first kappa shape index (κ1) is 19.5. The molecule has 0 aliphatic carbocycles. The maximum atomic E-state index is 5.42. The zero-order chi connectivity index (χ0) is 20.1. The smallest absolute Gasteiger partial charge is 0.161 e. The van der Waals surface area contributed by atoms with Gasteiger partial charge in [-0.15, -0.1) is 0 Å². The molecule has 1 fully saturated rings. The summed E-state index contributed by atoms with van der Waals surface area (Å²) in [5, 5.41) is 4.51. The maximum Gasteiger partial charge on any atom is 0.161 e. The highest BCUT2D eigenvalue weighted by molar-refractivity contribution is 5.42. The van der Waals surface area contributed by atoms with Crippen LogP contribution in [0.2, 0.25) is 0 Å². The summed E-state index contributed by atoms with van der Waals surface area (Å²) in [5.74, 6) is 1.57. The van der Waals surface area contributed by atoms with Crippen LogP contribution in [0.15, 0.2) is 60.9 Å². The summed E-state index contributed by atoms with van der Waals surface area (Å²) < 4.78 is 12.7. The van der Waals surface area contributed by atoms with Crippen molar-refractivity contribution < 1.29 is 9.47 Å². The molecule has 0 saturated carbocycles. The van der Waals surface area contributed by atoms with Crippen molar-refractivity contribution in [2.24, 2.45) is 0 Å². The molecule has 0 bridgehead atoms. The second kappa shape index (κ2) is 9.11. The Bertz CT molecular complexity index is 918. The third-order valence-corrected chi connectivity index (χ3v) is 5.38. The summed E-state index contributed by atoms with van der Waals surface area (Å²) in [4.78, 5) is 4.99. The van der Waals surface area contributed by atoms with E-state index in [1.165, 1.54) is 11.1 Å². The fraction of sp³-hybridized carbons (Fsp3) is 0.348. The maximum absolute atomic E-state index is 5.42. The Labute approximate surface area is 172 Å². The third-order valence-electron chi connectivity index (χ3n) is 5.38. The molecule has 0 amide bonds. The van der Waals surface area contributed by atoms with Gasteiger partial charge in [0, 0.05) is 51.0 Å². The van der Waals surface area contributed by atoms with Crippen LogP contribution in [0.1, 0.15) is 11.1 Å². The van der Waals surface area contributed by atoms with E-state index in [0.29, 0.717) is 0 Å².